The molecule has 0 saturated carbocycles. The Bertz CT molecular complexity index is 729. The highest BCUT2D eigenvalue weighted by atomic mass is 19.1. The molecule has 0 aliphatic carbocycles. The van der Waals surface area contributed by atoms with Crippen LogP contribution in [0, 0.1) is 17.5 Å². The number of hydrogen-bond acceptors (Lipinski definition) is 3. The standard InChI is InChI=1S/C16H12F3NO3/c1-9(15(21)20-14-4-2-3-11(17)8-14)23-16(22)10-5-12(18)7-13(19)6-10/h2-9H,1H3,(H,20,21). The van der Waals surface area contributed by atoms with E-state index in [4.69, 9.17) is 4.74 Å². The number of esters is 1. The predicted molar refractivity (Wildman–Crippen MR) is 76.3 cm³/mol. The van der Waals surface area contributed by atoms with E-state index in [1.807, 2.05) is 0 Å². The lowest BCUT2D eigenvalue weighted by Gasteiger charge is -2.13. The van der Waals surface area contributed by atoms with Crippen molar-refractivity contribution in [2.45, 2.75) is 13.0 Å². The van der Waals surface area contributed by atoms with E-state index in [2.05, 4.69) is 5.32 Å². The van der Waals surface area contributed by atoms with Crippen LogP contribution in [0.1, 0.15) is 17.3 Å². The molecule has 0 spiro atoms. The van der Waals surface area contributed by atoms with Crippen LogP contribution in [0.25, 0.3) is 0 Å². The lowest BCUT2D eigenvalue weighted by atomic mass is 10.2. The SMILES string of the molecule is CC(OC(=O)c1cc(F)cc(F)c1)C(=O)Nc1cccc(F)c1. The molecule has 7 heteroatoms. The molecule has 2 aromatic carbocycles. The Morgan fingerprint density at radius 2 is 1.65 bits per heavy atom. The van der Waals surface area contributed by atoms with Crippen molar-refractivity contribution in [3.05, 3.63) is 65.5 Å². The second kappa shape index (κ2) is 6.95. The minimum absolute atomic E-state index is 0.190. The van der Waals surface area contributed by atoms with Gasteiger partial charge in [-0.1, -0.05) is 6.07 Å². The maximum absolute atomic E-state index is 13.0. The molecule has 1 amide bonds. The number of rotatable bonds is 4. The Hall–Kier alpha value is -2.83. The zero-order valence-electron chi connectivity index (χ0n) is 12.0. The van der Waals surface area contributed by atoms with Crippen molar-refractivity contribution >= 4 is 17.6 Å². The van der Waals surface area contributed by atoms with Crippen LogP contribution in [0.3, 0.4) is 0 Å². The van der Waals surface area contributed by atoms with Crippen LogP contribution in [0.15, 0.2) is 42.5 Å². The second-order valence-electron chi connectivity index (χ2n) is 4.71. The van der Waals surface area contributed by atoms with Crippen LogP contribution < -0.4 is 5.32 Å². The number of carbonyl (C=O) groups is 2. The van der Waals surface area contributed by atoms with Crippen LogP contribution in [0.5, 0.6) is 0 Å². The topological polar surface area (TPSA) is 55.4 Å². The van der Waals surface area contributed by atoms with Crippen molar-refractivity contribution in [3.8, 4) is 0 Å². The fraction of sp³-hybridized carbons (Fsp3) is 0.125. The minimum atomic E-state index is -1.24. The molecule has 0 aromatic heterocycles. The predicted octanol–water partition coefficient (Wildman–Crippen LogP) is 3.29. The summed E-state index contributed by atoms with van der Waals surface area (Å²) in [5, 5.41) is 2.36. The van der Waals surface area contributed by atoms with E-state index < -0.39 is 35.4 Å². The maximum Gasteiger partial charge on any atom is 0.339 e. The van der Waals surface area contributed by atoms with E-state index in [-0.39, 0.29) is 11.3 Å². The number of nitrogens with one attached hydrogen (secondary N) is 1. The zero-order valence-corrected chi connectivity index (χ0v) is 12.0. The van der Waals surface area contributed by atoms with Crippen molar-refractivity contribution in [2.24, 2.45) is 0 Å². The third-order valence-electron chi connectivity index (χ3n) is 2.84. The fourth-order valence-corrected chi connectivity index (χ4v) is 1.76. The van der Waals surface area contributed by atoms with Crippen molar-refractivity contribution in [3.63, 3.8) is 0 Å². The van der Waals surface area contributed by atoms with Crippen molar-refractivity contribution in [1.82, 2.24) is 0 Å². The van der Waals surface area contributed by atoms with Gasteiger partial charge < -0.3 is 10.1 Å². The molecule has 0 aliphatic rings. The number of benzene rings is 2. The van der Waals surface area contributed by atoms with Crippen LogP contribution >= 0.6 is 0 Å². The largest absolute Gasteiger partial charge is 0.449 e. The average Bonchev–Trinajstić information content (AvgIpc) is 2.46. The van der Waals surface area contributed by atoms with E-state index in [0.717, 1.165) is 18.2 Å². The molecule has 0 fully saturated rings. The summed E-state index contributed by atoms with van der Waals surface area (Å²) in [5.41, 5.74) is -0.164. The zero-order chi connectivity index (χ0) is 17.0. The highest BCUT2D eigenvalue weighted by Crippen LogP contribution is 2.12. The number of halogens is 3. The Balaban J connectivity index is 2.01. The van der Waals surface area contributed by atoms with Crippen molar-refractivity contribution in [2.75, 3.05) is 5.32 Å². The van der Waals surface area contributed by atoms with E-state index >= 15 is 0 Å². The number of carbonyl (C=O) groups excluding carboxylic acids is 2. The molecule has 2 rings (SSSR count). The summed E-state index contributed by atoms with van der Waals surface area (Å²) in [6, 6.07) is 7.35. The van der Waals surface area contributed by atoms with Gasteiger partial charge in [-0.2, -0.15) is 0 Å². The van der Waals surface area contributed by atoms with Gasteiger partial charge in [0.2, 0.25) is 0 Å². The Labute approximate surface area is 129 Å². The third kappa shape index (κ3) is 4.57. The van der Waals surface area contributed by atoms with Gasteiger partial charge in [0, 0.05) is 11.8 Å². The van der Waals surface area contributed by atoms with Gasteiger partial charge in [0.1, 0.15) is 17.5 Å². The highest BCUT2D eigenvalue weighted by molar-refractivity contribution is 5.97. The number of anilines is 1. The number of amides is 1. The smallest absolute Gasteiger partial charge is 0.339 e. The number of ether oxygens (including phenoxy) is 1. The first-order valence-electron chi connectivity index (χ1n) is 6.58. The lowest BCUT2D eigenvalue weighted by Crippen LogP contribution is -2.30. The van der Waals surface area contributed by atoms with Gasteiger partial charge in [-0.15, -0.1) is 0 Å². The summed E-state index contributed by atoms with van der Waals surface area (Å²) in [5.74, 6) is -4.17. The first-order valence-corrected chi connectivity index (χ1v) is 6.58. The summed E-state index contributed by atoms with van der Waals surface area (Å²) >= 11 is 0. The summed E-state index contributed by atoms with van der Waals surface area (Å²) in [7, 11) is 0. The monoisotopic (exact) mass is 323 g/mol. The molecule has 23 heavy (non-hydrogen) atoms. The van der Waals surface area contributed by atoms with Gasteiger partial charge in [0.25, 0.3) is 5.91 Å². The highest BCUT2D eigenvalue weighted by Gasteiger charge is 2.20. The molecule has 0 bridgehead atoms. The molecule has 0 saturated heterocycles. The Morgan fingerprint density at radius 3 is 2.26 bits per heavy atom. The normalized spacial score (nSPS) is 11.7. The molecule has 1 N–H and O–H groups in total. The van der Waals surface area contributed by atoms with Crippen LogP contribution in [0.4, 0.5) is 18.9 Å². The molecular weight excluding hydrogens is 311 g/mol. The summed E-state index contributed by atoms with van der Waals surface area (Å²) in [6.07, 6.45) is -1.24. The van der Waals surface area contributed by atoms with Crippen LogP contribution in [-0.4, -0.2) is 18.0 Å². The minimum Gasteiger partial charge on any atom is -0.449 e. The van der Waals surface area contributed by atoms with Gasteiger partial charge in [-0.3, -0.25) is 4.79 Å². The van der Waals surface area contributed by atoms with Gasteiger partial charge in [-0.25, -0.2) is 18.0 Å². The summed E-state index contributed by atoms with van der Waals surface area (Å²) in [4.78, 5) is 23.6. The van der Waals surface area contributed by atoms with Gasteiger partial charge in [-0.05, 0) is 37.3 Å². The van der Waals surface area contributed by atoms with E-state index in [9.17, 15) is 22.8 Å². The van der Waals surface area contributed by atoms with E-state index in [0.29, 0.717) is 6.07 Å². The first kappa shape index (κ1) is 16.5. The molecule has 1 unspecified atom stereocenters. The third-order valence-corrected chi connectivity index (χ3v) is 2.84. The molecule has 1 atom stereocenters. The Morgan fingerprint density at radius 1 is 1.00 bits per heavy atom. The maximum atomic E-state index is 13.0. The van der Waals surface area contributed by atoms with Crippen molar-refractivity contribution < 1.29 is 27.5 Å². The molecule has 0 radical (unpaired) electrons. The van der Waals surface area contributed by atoms with Crippen LogP contribution in [0.2, 0.25) is 0 Å². The first-order chi connectivity index (χ1) is 10.8. The Kier molecular flexibility index (Phi) is 5.00. The summed E-state index contributed by atoms with van der Waals surface area (Å²) in [6.45, 7) is 1.28. The molecule has 120 valence electrons. The second-order valence-corrected chi connectivity index (χ2v) is 4.71. The lowest BCUT2D eigenvalue weighted by molar-refractivity contribution is -0.123. The van der Waals surface area contributed by atoms with E-state index in [1.54, 1.807) is 0 Å². The quantitative estimate of drug-likeness (QED) is 0.879. The van der Waals surface area contributed by atoms with E-state index in [1.165, 1.54) is 25.1 Å². The molecule has 0 heterocycles. The molecule has 2 aromatic rings. The van der Waals surface area contributed by atoms with Crippen LogP contribution in [-0.2, 0) is 9.53 Å². The molecule has 4 nitrogen and oxygen atoms in total. The fourth-order valence-electron chi connectivity index (χ4n) is 1.76. The van der Waals surface area contributed by atoms with Crippen molar-refractivity contribution in [1.29, 1.82) is 0 Å². The van der Waals surface area contributed by atoms with Gasteiger partial charge >= 0.3 is 5.97 Å². The summed E-state index contributed by atoms with van der Waals surface area (Å²) < 4.78 is 43.9. The molecular formula is C16H12F3NO3. The average molecular weight is 323 g/mol. The van der Waals surface area contributed by atoms with Gasteiger partial charge in [0.15, 0.2) is 6.10 Å². The van der Waals surface area contributed by atoms with Gasteiger partial charge in [0.05, 0.1) is 5.56 Å². The number of hydrogen-bond donors (Lipinski definition) is 1. The molecule has 0 aliphatic heterocycles.